The second-order valence-corrected chi connectivity index (χ2v) is 5.08. The standard InChI is InChI=1S/C18H17FO2/c1-20-16-7-5-13-9-12(3-4-14(13)10-16)15-6-8-17(19)18(11-15)21-2/h5-11H,3-4H2,1-2H3. The summed E-state index contributed by atoms with van der Waals surface area (Å²) >= 11 is 0. The molecule has 0 heterocycles. The molecule has 2 aromatic carbocycles. The molecule has 21 heavy (non-hydrogen) atoms. The first kappa shape index (κ1) is 13.7. The Balaban J connectivity index is 1.98. The highest BCUT2D eigenvalue weighted by atomic mass is 19.1. The Morgan fingerprint density at radius 1 is 0.952 bits per heavy atom. The minimum atomic E-state index is -0.331. The number of hydrogen-bond acceptors (Lipinski definition) is 2. The third-order valence-corrected chi connectivity index (χ3v) is 3.87. The molecule has 3 rings (SSSR count). The summed E-state index contributed by atoms with van der Waals surface area (Å²) in [6.07, 6.45) is 4.04. The van der Waals surface area contributed by atoms with Gasteiger partial charge in [0.25, 0.3) is 0 Å². The molecule has 0 bridgehead atoms. The van der Waals surface area contributed by atoms with Gasteiger partial charge in [-0.2, -0.15) is 0 Å². The van der Waals surface area contributed by atoms with E-state index >= 15 is 0 Å². The van der Waals surface area contributed by atoms with Crippen LogP contribution in [-0.2, 0) is 6.42 Å². The summed E-state index contributed by atoms with van der Waals surface area (Å²) < 4.78 is 23.8. The summed E-state index contributed by atoms with van der Waals surface area (Å²) in [5, 5.41) is 0. The third-order valence-electron chi connectivity index (χ3n) is 3.87. The quantitative estimate of drug-likeness (QED) is 0.835. The zero-order valence-electron chi connectivity index (χ0n) is 12.2. The maximum absolute atomic E-state index is 13.5. The number of allylic oxidation sites excluding steroid dienone is 1. The summed E-state index contributed by atoms with van der Waals surface area (Å²) in [7, 11) is 3.16. The maximum atomic E-state index is 13.5. The number of benzene rings is 2. The lowest BCUT2D eigenvalue weighted by molar-refractivity contribution is 0.386. The topological polar surface area (TPSA) is 18.5 Å². The van der Waals surface area contributed by atoms with Gasteiger partial charge in [-0.1, -0.05) is 18.2 Å². The summed E-state index contributed by atoms with van der Waals surface area (Å²) in [4.78, 5) is 0. The van der Waals surface area contributed by atoms with Gasteiger partial charge in [0, 0.05) is 0 Å². The monoisotopic (exact) mass is 284 g/mol. The molecular weight excluding hydrogens is 267 g/mol. The van der Waals surface area contributed by atoms with Crippen LogP contribution in [0.5, 0.6) is 11.5 Å². The average molecular weight is 284 g/mol. The minimum absolute atomic E-state index is 0.286. The summed E-state index contributed by atoms with van der Waals surface area (Å²) in [6, 6.07) is 11.1. The molecular formula is C18H17FO2. The van der Waals surface area contributed by atoms with E-state index in [1.807, 2.05) is 6.07 Å². The van der Waals surface area contributed by atoms with Gasteiger partial charge in [0.1, 0.15) is 5.75 Å². The lowest BCUT2D eigenvalue weighted by atomic mass is 9.88. The molecule has 0 aliphatic heterocycles. The molecule has 2 nitrogen and oxygen atoms in total. The van der Waals surface area contributed by atoms with Gasteiger partial charge < -0.3 is 9.47 Å². The van der Waals surface area contributed by atoms with Crippen molar-refractivity contribution in [1.82, 2.24) is 0 Å². The molecule has 0 saturated carbocycles. The molecule has 0 fully saturated rings. The van der Waals surface area contributed by atoms with E-state index in [0.29, 0.717) is 0 Å². The smallest absolute Gasteiger partial charge is 0.165 e. The van der Waals surface area contributed by atoms with Gasteiger partial charge in [0.15, 0.2) is 11.6 Å². The molecule has 0 atom stereocenters. The average Bonchev–Trinajstić information content (AvgIpc) is 2.54. The minimum Gasteiger partial charge on any atom is -0.497 e. The predicted octanol–water partition coefficient (Wildman–Crippen LogP) is 4.33. The number of ether oxygens (including phenoxy) is 2. The number of aryl methyl sites for hydroxylation is 1. The highest BCUT2D eigenvalue weighted by Crippen LogP contribution is 2.33. The van der Waals surface area contributed by atoms with Crippen LogP contribution in [0.25, 0.3) is 11.6 Å². The molecule has 2 aromatic rings. The number of halogens is 1. The van der Waals surface area contributed by atoms with Gasteiger partial charge in [0.2, 0.25) is 0 Å². The lowest BCUT2D eigenvalue weighted by Crippen LogP contribution is -2.00. The zero-order chi connectivity index (χ0) is 14.8. The second-order valence-electron chi connectivity index (χ2n) is 5.08. The Hall–Kier alpha value is -2.29. The molecule has 0 unspecified atom stereocenters. The Morgan fingerprint density at radius 3 is 2.57 bits per heavy atom. The van der Waals surface area contributed by atoms with Crippen molar-refractivity contribution in [3.63, 3.8) is 0 Å². The second kappa shape index (κ2) is 5.60. The van der Waals surface area contributed by atoms with Crippen molar-refractivity contribution < 1.29 is 13.9 Å². The van der Waals surface area contributed by atoms with E-state index in [-0.39, 0.29) is 11.6 Å². The Bertz CT molecular complexity index is 704. The molecule has 1 aliphatic rings. The van der Waals surface area contributed by atoms with Gasteiger partial charge in [-0.25, -0.2) is 4.39 Å². The number of hydrogen-bond donors (Lipinski definition) is 0. The van der Waals surface area contributed by atoms with Crippen molar-refractivity contribution in [2.45, 2.75) is 12.8 Å². The van der Waals surface area contributed by atoms with E-state index in [1.54, 1.807) is 19.2 Å². The van der Waals surface area contributed by atoms with Crippen LogP contribution in [0.15, 0.2) is 36.4 Å². The summed E-state index contributed by atoms with van der Waals surface area (Å²) in [5.41, 5.74) is 4.69. The van der Waals surface area contributed by atoms with E-state index in [1.165, 1.54) is 29.9 Å². The Labute approximate surface area is 123 Å². The van der Waals surface area contributed by atoms with E-state index in [2.05, 4.69) is 18.2 Å². The van der Waals surface area contributed by atoms with E-state index in [9.17, 15) is 4.39 Å². The van der Waals surface area contributed by atoms with Crippen LogP contribution in [0.2, 0.25) is 0 Å². The van der Waals surface area contributed by atoms with Gasteiger partial charge in [-0.05, 0) is 59.4 Å². The highest BCUT2D eigenvalue weighted by molar-refractivity contribution is 5.85. The van der Waals surface area contributed by atoms with Crippen molar-refractivity contribution in [3.8, 4) is 11.5 Å². The van der Waals surface area contributed by atoms with Crippen LogP contribution in [0.1, 0.15) is 23.1 Å². The highest BCUT2D eigenvalue weighted by Gasteiger charge is 2.14. The molecule has 1 aliphatic carbocycles. The fraction of sp³-hybridized carbons (Fsp3) is 0.222. The Morgan fingerprint density at radius 2 is 1.81 bits per heavy atom. The third kappa shape index (κ3) is 2.64. The van der Waals surface area contributed by atoms with Crippen LogP contribution in [0, 0.1) is 5.82 Å². The lowest BCUT2D eigenvalue weighted by Gasteiger charge is -2.18. The zero-order valence-corrected chi connectivity index (χ0v) is 12.2. The maximum Gasteiger partial charge on any atom is 0.165 e. The SMILES string of the molecule is COc1ccc2c(c1)CCC(c1ccc(F)c(OC)c1)=C2. The van der Waals surface area contributed by atoms with Gasteiger partial charge in [-0.3, -0.25) is 0 Å². The van der Waals surface area contributed by atoms with Gasteiger partial charge in [0.05, 0.1) is 14.2 Å². The summed E-state index contributed by atoms with van der Waals surface area (Å²) in [6.45, 7) is 0. The van der Waals surface area contributed by atoms with Crippen molar-refractivity contribution >= 4 is 11.6 Å². The molecule has 0 N–H and O–H groups in total. The van der Waals surface area contributed by atoms with Gasteiger partial charge >= 0.3 is 0 Å². The molecule has 0 saturated heterocycles. The van der Waals surface area contributed by atoms with Gasteiger partial charge in [-0.15, -0.1) is 0 Å². The van der Waals surface area contributed by atoms with E-state index < -0.39 is 0 Å². The molecule has 0 spiro atoms. The predicted molar refractivity (Wildman–Crippen MR) is 82.1 cm³/mol. The molecule has 3 heteroatoms. The summed E-state index contributed by atoms with van der Waals surface area (Å²) in [5.74, 6) is 0.839. The van der Waals surface area contributed by atoms with Crippen LogP contribution in [0.3, 0.4) is 0 Å². The molecule has 108 valence electrons. The largest absolute Gasteiger partial charge is 0.497 e. The number of rotatable bonds is 3. The first-order valence-electron chi connectivity index (χ1n) is 6.92. The first-order valence-corrected chi connectivity index (χ1v) is 6.92. The number of fused-ring (bicyclic) bond motifs is 1. The number of methoxy groups -OCH3 is 2. The van der Waals surface area contributed by atoms with E-state index in [4.69, 9.17) is 9.47 Å². The van der Waals surface area contributed by atoms with Crippen molar-refractivity contribution in [2.24, 2.45) is 0 Å². The normalized spacial score (nSPS) is 13.4. The van der Waals surface area contributed by atoms with Crippen molar-refractivity contribution in [2.75, 3.05) is 14.2 Å². The first-order chi connectivity index (χ1) is 10.2. The van der Waals surface area contributed by atoms with Crippen molar-refractivity contribution in [3.05, 3.63) is 58.9 Å². The van der Waals surface area contributed by atoms with Crippen LogP contribution in [0.4, 0.5) is 4.39 Å². The van der Waals surface area contributed by atoms with Crippen LogP contribution >= 0.6 is 0 Å². The molecule has 0 aromatic heterocycles. The van der Waals surface area contributed by atoms with Crippen LogP contribution in [-0.4, -0.2) is 14.2 Å². The van der Waals surface area contributed by atoms with E-state index in [0.717, 1.165) is 24.2 Å². The molecule has 0 radical (unpaired) electrons. The molecule has 0 amide bonds. The van der Waals surface area contributed by atoms with Crippen molar-refractivity contribution in [1.29, 1.82) is 0 Å². The Kier molecular flexibility index (Phi) is 3.65. The fourth-order valence-electron chi connectivity index (χ4n) is 2.68. The van der Waals surface area contributed by atoms with Crippen LogP contribution < -0.4 is 9.47 Å². The fourth-order valence-corrected chi connectivity index (χ4v) is 2.68.